The SMILES string of the molecule is COc1ccccc1-c1ccc(N[C@H]2CN(C)C[C@@H]2OC)nn1. The van der Waals surface area contributed by atoms with Gasteiger partial charge in [-0.05, 0) is 31.3 Å². The van der Waals surface area contributed by atoms with Gasteiger partial charge in [-0.25, -0.2) is 0 Å². The molecule has 0 amide bonds. The average Bonchev–Trinajstić information content (AvgIpc) is 2.95. The Bertz CT molecular complexity index is 647. The van der Waals surface area contributed by atoms with E-state index in [1.54, 1.807) is 14.2 Å². The molecule has 2 atom stereocenters. The molecule has 0 bridgehead atoms. The molecule has 1 fully saturated rings. The molecule has 1 aromatic carbocycles. The largest absolute Gasteiger partial charge is 0.496 e. The van der Waals surface area contributed by atoms with Gasteiger partial charge in [-0.2, -0.15) is 0 Å². The quantitative estimate of drug-likeness (QED) is 0.909. The van der Waals surface area contributed by atoms with E-state index in [1.807, 2.05) is 36.4 Å². The highest BCUT2D eigenvalue weighted by Crippen LogP contribution is 2.28. The third kappa shape index (κ3) is 3.43. The van der Waals surface area contributed by atoms with Crippen LogP contribution in [-0.2, 0) is 4.74 Å². The molecule has 1 aliphatic heterocycles. The molecule has 1 aromatic heterocycles. The summed E-state index contributed by atoms with van der Waals surface area (Å²) in [6, 6.07) is 11.9. The molecular formula is C17H22N4O2. The molecule has 3 rings (SSSR count). The van der Waals surface area contributed by atoms with Gasteiger partial charge >= 0.3 is 0 Å². The summed E-state index contributed by atoms with van der Waals surface area (Å²) in [6.07, 6.45) is 0.163. The highest BCUT2D eigenvalue weighted by Gasteiger charge is 2.30. The van der Waals surface area contributed by atoms with Gasteiger partial charge in [0.2, 0.25) is 0 Å². The van der Waals surface area contributed by atoms with E-state index in [-0.39, 0.29) is 12.1 Å². The molecule has 23 heavy (non-hydrogen) atoms. The average molecular weight is 314 g/mol. The zero-order chi connectivity index (χ0) is 16.2. The molecule has 0 spiro atoms. The van der Waals surface area contributed by atoms with Crippen LogP contribution in [0.3, 0.4) is 0 Å². The Morgan fingerprint density at radius 1 is 1.09 bits per heavy atom. The van der Waals surface area contributed by atoms with Crippen molar-refractivity contribution < 1.29 is 9.47 Å². The molecule has 1 saturated heterocycles. The lowest BCUT2D eigenvalue weighted by Crippen LogP contribution is -2.33. The zero-order valence-electron chi connectivity index (χ0n) is 13.7. The van der Waals surface area contributed by atoms with Crippen molar-refractivity contribution in [3.05, 3.63) is 36.4 Å². The normalized spacial score (nSPS) is 21.3. The topological polar surface area (TPSA) is 59.5 Å². The van der Waals surface area contributed by atoms with Crippen LogP contribution in [0.2, 0.25) is 0 Å². The molecule has 6 heteroatoms. The summed E-state index contributed by atoms with van der Waals surface area (Å²) in [7, 11) is 5.49. The van der Waals surface area contributed by atoms with Crippen LogP contribution >= 0.6 is 0 Å². The maximum Gasteiger partial charge on any atom is 0.149 e. The second kappa shape index (κ2) is 6.93. The summed E-state index contributed by atoms with van der Waals surface area (Å²) in [5.41, 5.74) is 1.73. The lowest BCUT2D eigenvalue weighted by molar-refractivity contribution is 0.104. The predicted molar refractivity (Wildman–Crippen MR) is 89.7 cm³/mol. The van der Waals surface area contributed by atoms with Gasteiger partial charge in [0.1, 0.15) is 11.6 Å². The van der Waals surface area contributed by atoms with E-state index in [2.05, 4.69) is 27.5 Å². The number of nitrogens with one attached hydrogen (secondary N) is 1. The number of aromatic nitrogens is 2. The second-order valence-electron chi connectivity index (χ2n) is 5.75. The first kappa shape index (κ1) is 15.7. The summed E-state index contributed by atoms with van der Waals surface area (Å²) in [5, 5.41) is 12.0. The van der Waals surface area contributed by atoms with Gasteiger partial charge in [0.25, 0.3) is 0 Å². The van der Waals surface area contributed by atoms with E-state index < -0.39 is 0 Å². The fourth-order valence-electron chi connectivity index (χ4n) is 2.94. The molecule has 1 N–H and O–H groups in total. The van der Waals surface area contributed by atoms with Gasteiger partial charge in [0.15, 0.2) is 0 Å². The maximum absolute atomic E-state index is 5.52. The Morgan fingerprint density at radius 2 is 1.91 bits per heavy atom. The molecule has 122 valence electrons. The summed E-state index contributed by atoms with van der Waals surface area (Å²) in [6.45, 7) is 1.84. The van der Waals surface area contributed by atoms with Crippen molar-refractivity contribution in [2.24, 2.45) is 0 Å². The lowest BCUT2D eigenvalue weighted by atomic mass is 10.1. The lowest BCUT2D eigenvalue weighted by Gasteiger charge is -2.18. The molecule has 0 aliphatic carbocycles. The van der Waals surface area contributed by atoms with Crippen molar-refractivity contribution in [1.82, 2.24) is 15.1 Å². The summed E-state index contributed by atoms with van der Waals surface area (Å²) in [5.74, 6) is 1.55. The van der Waals surface area contributed by atoms with E-state index in [0.29, 0.717) is 0 Å². The molecule has 0 radical (unpaired) electrons. The van der Waals surface area contributed by atoms with E-state index >= 15 is 0 Å². The van der Waals surface area contributed by atoms with Crippen molar-refractivity contribution >= 4 is 5.82 Å². The highest BCUT2D eigenvalue weighted by atomic mass is 16.5. The number of para-hydroxylation sites is 1. The zero-order valence-corrected chi connectivity index (χ0v) is 13.7. The number of likely N-dealkylation sites (tertiary alicyclic amines) is 1. The summed E-state index contributed by atoms with van der Waals surface area (Å²) in [4.78, 5) is 2.24. The van der Waals surface area contributed by atoms with Crippen molar-refractivity contribution in [2.75, 3.05) is 39.7 Å². The van der Waals surface area contributed by atoms with Crippen molar-refractivity contribution in [1.29, 1.82) is 0 Å². The van der Waals surface area contributed by atoms with Crippen molar-refractivity contribution in [3.8, 4) is 17.0 Å². The molecule has 1 aliphatic rings. The number of rotatable bonds is 5. The minimum absolute atomic E-state index is 0.163. The van der Waals surface area contributed by atoms with Crippen LogP contribution in [0.15, 0.2) is 36.4 Å². The first-order valence-electron chi connectivity index (χ1n) is 7.66. The Balaban J connectivity index is 1.75. The van der Waals surface area contributed by atoms with Crippen LogP contribution in [-0.4, -0.2) is 61.6 Å². The van der Waals surface area contributed by atoms with Crippen LogP contribution in [0, 0.1) is 0 Å². The smallest absolute Gasteiger partial charge is 0.149 e. The number of methoxy groups -OCH3 is 2. The number of ether oxygens (including phenoxy) is 2. The Labute approximate surface area is 136 Å². The Hall–Kier alpha value is -2.18. The van der Waals surface area contributed by atoms with Gasteiger partial charge in [-0.15, -0.1) is 10.2 Å². The standard InChI is InChI=1S/C17H22N4O2/c1-21-10-14(16(11-21)23-3)18-17-9-8-13(19-20-17)12-6-4-5-7-15(12)22-2/h4-9,14,16H,10-11H2,1-3H3,(H,18,20)/t14-,16-/m0/s1. The van der Waals surface area contributed by atoms with Crippen LogP contribution in [0.25, 0.3) is 11.3 Å². The minimum Gasteiger partial charge on any atom is -0.496 e. The first-order chi connectivity index (χ1) is 11.2. The fourth-order valence-corrected chi connectivity index (χ4v) is 2.94. The van der Waals surface area contributed by atoms with Gasteiger partial charge in [-0.3, -0.25) is 0 Å². The number of benzene rings is 1. The van der Waals surface area contributed by atoms with Gasteiger partial charge < -0.3 is 19.7 Å². The van der Waals surface area contributed by atoms with Gasteiger partial charge in [0, 0.05) is 25.8 Å². The second-order valence-corrected chi connectivity index (χ2v) is 5.75. The van der Waals surface area contributed by atoms with E-state index in [9.17, 15) is 0 Å². The molecule has 2 aromatic rings. The van der Waals surface area contributed by atoms with E-state index in [0.717, 1.165) is 35.9 Å². The fraction of sp³-hybridized carbons (Fsp3) is 0.412. The number of likely N-dealkylation sites (N-methyl/N-ethyl adjacent to an activating group) is 1. The monoisotopic (exact) mass is 314 g/mol. The molecule has 0 unspecified atom stereocenters. The number of anilines is 1. The predicted octanol–water partition coefficient (Wildman–Crippen LogP) is 1.89. The van der Waals surface area contributed by atoms with Crippen LogP contribution in [0.4, 0.5) is 5.82 Å². The first-order valence-corrected chi connectivity index (χ1v) is 7.66. The Morgan fingerprint density at radius 3 is 2.61 bits per heavy atom. The number of nitrogens with zero attached hydrogens (tertiary/aromatic N) is 3. The molecule has 0 saturated carbocycles. The number of hydrogen-bond donors (Lipinski definition) is 1. The minimum atomic E-state index is 0.163. The summed E-state index contributed by atoms with van der Waals surface area (Å²) >= 11 is 0. The van der Waals surface area contributed by atoms with E-state index in [4.69, 9.17) is 9.47 Å². The van der Waals surface area contributed by atoms with Crippen LogP contribution in [0.5, 0.6) is 5.75 Å². The highest BCUT2D eigenvalue weighted by molar-refractivity contribution is 5.67. The maximum atomic E-state index is 5.52. The van der Waals surface area contributed by atoms with Gasteiger partial charge in [-0.1, -0.05) is 12.1 Å². The molecule has 6 nitrogen and oxygen atoms in total. The molecular weight excluding hydrogens is 292 g/mol. The van der Waals surface area contributed by atoms with Crippen molar-refractivity contribution in [2.45, 2.75) is 12.1 Å². The summed E-state index contributed by atoms with van der Waals surface area (Å²) < 4.78 is 10.9. The third-order valence-corrected chi connectivity index (χ3v) is 4.13. The Kier molecular flexibility index (Phi) is 4.73. The molecule has 2 heterocycles. The van der Waals surface area contributed by atoms with Crippen molar-refractivity contribution in [3.63, 3.8) is 0 Å². The number of hydrogen-bond acceptors (Lipinski definition) is 6. The third-order valence-electron chi connectivity index (χ3n) is 4.13. The van der Waals surface area contributed by atoms with Crippen LogP contribution < -0.4 is 10.1 Å². The van der Waals surface area contributed by atoms with E-state index in [1.165, 1.54) is 0 Å². The van der Waals surface area contributed by atoms with Gasteiger partial charge in [0.05, 0.1) is 24.9 Å². The van der Waals surface area contributed by atoms with Crippen LogP contribution in [0.1, 0.15) is 0 Å².